The predicted molar refractivity (Wildman–Crippen MR) is 65.9 cm³/mol. The van der Waals surface area contributed by atoms with Gasteiger partial charge in [-0.3, -0.25) is 14.7 Å². The van der Waals surface area contributed by atoms with Crippen molar-refractivity contribution in [1.29, 1.82) is 0 Å². The first-order valence-corrected chi connectivity index (χ1v) is 5.53. The van der Waals surface area contributed by atoms with Gasteiger partial charge in [-0.2, -0.15) is 0 Å². The first-order valence-electron chi connectivity index (χ1n) is 4.77. The number of aliphatic hydroxyl groups is 1. The summed E-state index contributed by atoms with van der Waals surface area (Å²) in [4.78, 5) is 23.6. The van der Waals surface area contributed by atoms with Crippen LogP contribution in [0.25, 0.3) is 10.8 Å². The van der Waals surface area contributed by atoms with E-state index in [-0.39, 0.29) is 34.0 Å². The second-order valence-corrected chi connectivity index (χ2v) is 4.25. The number of aromatic amines is 1. The van der Waals surface area contributed by atoms with Crippen molar-refractivity contribution in [3.05, 3.63) is 42.9 Å². The number of aliphatic hydroxyl groups excluding tert-OH is 1. The summed E-state index contributed by atoms with van der Waals surface area (Å²) in [5, 5.41) is 11.9. The smallest absolute Gasteiger partial charge is 0.273 e. The minimum absolute atomic E-state index is 0.0181. The molecule has 0 atom stereocenters. The highest BCUT2D eigenvalue weighted by Crippen LogP contribution is 2.24. The molecule has 0 aliphatic carbocycles. The number of H-pyrrole nitrogens is 1. The van der Waals surface area contributed by atoms with Gasteiger partial charge in [0, 0.05) is 0 Å². The number of nitrogens with zero attached hydrogens (tertiary/aromatic N) is 1. The fourth-order valence-corrected chi connectivity index (χ4v) is 1.88. The average Bonchev–Trinajstić information content (AvgIpc) is 2.29. The molecule has 0 saturated carbocycles. The number of rotatable bonds is 2. The molecule has 1 heterocycles. The summed E-state index contributed by atoms with van der Waals surface area (Å²) < 4.78 is 1.04. The molecular weight excluding hydrogens is 267 g/mol. The molecule has 5 nitrogen and oxygen atoms in total. The average molecular weight is 275 g/mol. The fourth-order valence-electron chi connectivity index (χ4n) is 1.55. The van der Waals surface area contributed by atoms with Gasteiger partial charge in [-0.05, 0) is 12.1 Å². The quantitative estimate of drug-likeness (QED) is 0.858. The van der Waals surface area contributed by atoms with Crippen molar-refractivity contribution in [2.24, 2.45) is 0 Å². The molecule has 0 aliphatic rings. The molecule has 0 bridgehead atoms. The van der Waals surface area contributed by atoms with E-state index >= 15 is 0 Å². The van der Waals surface area contributed by atoms with Crippen LogP contribution in [0.1, 0.15) is 0 Å². The van der Waals surface area contributed by atoms with Gasteiger partial charge in [0.25, 0.3) is 11.1 Å². The Bertz CT molecular complexity index is 690. The number of fused-ring (bicyclic) bond motifs is 1. The van der Waals surface area contributed by atoms with E-state index in [1.54, 1.807) is 0 Å². The van der Waals surface area contributed by atoms with Crippen LogP contribution in [0.15, 0.2) is 21.7 Å². The van der Waals surface area contributed by atoms with Crippen molar-refractivity contribution < 1.29 is 5.11 Å². The highest BCUT2D eigenvalue weighted by Gasteiger charge is 2.10. The Hall–Kier alpha value is -1.30. The maximum absolute atomic E-state index is 11.9. The highest BCUT2D eigenvalue weighted by molar-refractivity contribution is 6.42. The third kappa shape index (κ3) is 2.09. The lowest BCUT2D eigenvalue weighted by Gasteiger charge is -2.05. The summed E-state index contributed by atoms with van der Waals surface area (Å²) in [6, 6.07) is 2.70. The number of benzene rings is 1. The summed E-state index contributed by atoms with van der Waals surface area (Å²) in [5.74, 6) is 0. The molecule has 2 rings (SSSR count). The SMILES string of the molecule is O=c1[nH]n(CCO)c(=O)c2cc(Cl)c(Cl)cc12. The standard InChI is InChI=1S/C10H8Cl2N2O3/c11-7-3-5-6(4-8(7)12)10(17)14(1-2-15)13-9(5)16/h3-4,15H,1-2H2,(H,13,16). The van der Waals surface area contributed by atoms with Crippen LogP contribution in [0.3, 0.4) is 0 Å². The molecule has 17 heavy (non-hydrogen) atoms. The second-order valence-electron chi connectivity index (χ2n) is 3.43. The minimum atomic E-state index is -0.452. The van der Waals surface area contributed by atoms with Crippen LogP contribution in [0.4, 0.5) is 0 Å². The lowest BCUT2D eigenvalue weighted by Crippen LogP contribution is -2.30. The molecule has 0 unspecified atom stereocenters. The van der Waals surface area contributed by atoms with Crippen LogP contribution in [0.5, 0.6) is 0 Å². The topological polar surface area (TPSA) is 75.1 Å². The van der Waals surface area contributed by atoms with E-state index in [0.717, 1.165) is 4.68 Å². The van der Waals surface area contributed by atoms with Crippen LogP contribution >= 0.6 is 23.2 Å². The Kier molecular flexibility index (Phi) is 3.24. The summed E-state index contributed by atoms with van der Waals surface area (Å²) in [6.07, 6.45) is 0. The monoisotopic (exact) mass is 274 g/mol. The first kappa shape index (κ1) is 12.2. The lowest BCUT2D eigenvalue weighted by molar-refractivity contribution is 0.266. The zero-order valence-electron chi connectivity index (χ0n) is 8.54. The Morgan fingerprint density at radius 1 is 1.18 bits per heavy atom. The molecule has 90 valence electrons. The number of hydrogen-bond donors (Lipinski definition) is 2. The lowest BCUT2D eigenvalue weighted by atomic mass is 10.2. The summed E-state index contributed by atoms with van der Waals surface area (Å²) in [7, 11) is 0. The van der Waals surface area contributed by atoms with Crippen molar-refractivity contribution in [3.8, 4) is 0 Å². The Morgan fingerprint density at radius 2 is 1.76 bits per heavy atom. The Morgan fingerprint density at radius 3 is 2.35 bits per heavy atom. The van der Waals surface area contributed by atoms with Gasteiger partial charge < -0.3 is 5.11 Å². The van der Waals surface area contributed by atoms with E-state index in [1.807, 2.05) is 0 Å². The molecule has 0 amide bonds. The zero-order valence-corrected chi connectivity index (χ0v) is 10.0. The van der Waals surface area contributed by atoms with Gasteiger partial charge >= 0.3 is 0 Å². The maximum atomic E-state index is 11.9. The van der Waals surface area contributed by atoms with Crippen molar-refractivity contribution in [2.75, 3.05) is 6.61 Å². The molecule has 0 fully saturated rings. The Balaban J connectivity index is 2.89. The van der Waals surface area contributed by atoms with Gasteiger partial charge in [0.2, 0.25) is 0 Å². The molecule has 1 aromatic carbocycles. The second kappa shape index (κ2) is 4.52. The van der Waals surface area contributed by atoms with E-state index in [4.69, 9.17) is 28.3 Å². The van der Waals surface area contributed by atoms with Crippen LogP contribution in [0.2, 0.25) is 10.0 Å². The van der Waals surface area contributed by atoms with Crippen LogP contribution in [-0.2, 0) is 6.54 Å². The predicted octanol–water partition coefficient (Wildman–Crippen LogP) is 0.989. The summed E-state index contributed by atoms with van der Waals surface area (Å²) in [6.45, 7) is -0.229. The number of halogens is 2. The van der Waals surface area contributed by atoms with Gasteiger partial charge in [-0.15, -0.1) is 0 Å². The van der Waals surface area contributed by atoms with Gasteiger partial charge in [0.15, 0.2) is 0 Å². The van der Waals surface area contributed by atoms with Gasteiger partial charge in [0.05, 0.1) is 34.0 Å². The minimum Gasteiger partial charge on any atom is -0.394 e. The third-order valence-electron chi connectivity index (χ3n) is 2.34. The molecule has 7 heteroatoms. The summed E-state index contributed by atoms with van der Waals surface area (Å²) in [5.41, 5.74) is -0.876. The van der Waals surface area contributed by atoms with Gasteiger partial charge in [-0.25, -0.2) is 4.68 Å². The van der Waals surface area contributed by atoms with Crippen molar-refractivity contribution >= 4 is 34.0 Å². The van der Waals surface area contributed by atoms with E-state index in [2.05, 4.69) is 5.10 Å². The third-order valence-corrected chi connectivity index (χ3v) is 3.06. The van der Waals surface area contributed by atoms with E-state index in [9.17, 15) is 9.59 Å². The van der Waals surface area contributed by atoms with Crippen molar-refractivity contribution in [3.63, 3.8) is 0 Å². The maximum Gasteiger partial charge on any atom is 0.273 e. The molecular formula is C10H8Cl2N2O3. The molecule has 1 aromatic heterocycles. The molecule has 2 aromatic rings. The highest BCUT2D eigenvalue weighted by atomic mass is 35.5. The van der Waals surface area contributed by atoms with Crippen LogP contribution in [-0.4, -0.2) is 21.5 Å². The molecule has 0 aliphatic heterocycles. The van der Waals surface area contributed by atoms with E-state index < -0.39 is 11.1 Å². The van der Waals surface area contributed by atoms with Crippen LogP contribution in [0, 0.1) is 0 Å². The Labute approximate surface area is 105 Å². The number of aromatic nitrogens is 2. The molecule has 0 saturated heterocycles. The molecule has 0 spiro atoms. The fraction of sp³-hybridized carbons (Fsp3) is 0.200. The largest absolute Gasteiger partial charge is 0.394 e. The van der Waals surface area contributed by atoms with Crippen molar-refractivity contribution in [2.45, 2.75) is 6.54 Å². The first-order chi connectivity index (χ1) is 8.04. The van der Waals surface area contributed by atoms with Gasteiger partial charge in [0.1, 0.15) is 0 Å². The van der Waals surface area contributed by atoms with Gasteiger partial charge in [-0.1, -0.05) is 23.2 Å². The summed E-state index contributed by atoms with van der Waals surface area (Å²) >= 11 is 11.6. The van der Waals surface area contributed by atoms with Crippen molar-refractivity contribution in [1.82, 2.24) is 9.78 Å². The van der Waals surface area contributed by atoms with E-state index in [0.29, 0.717) is 0 Å². The van der Waals surface area contributed by atoms with E-state index in [1.165, 1.54) is 12.1 Å². The van der Waals surface area contributed by atoms with Crippen LogP contribution < -0.4 is 11.1 Å². The normalized spacial score (nSPS) is 11.0. The molecule has 2 N–H and O–H groups in total. The number of nitrogens with one attached hydrogen (secondary N) is 1. The zero-order chi connectivity index (χ0) is 12.6. The molecule has 0 radical (unpaired) electrons. The number of hydrogen-bond acceptors (Lipinski definition) is 3.